The molecule has 1 aromatic heterocycles. The molecule has 2 aromatic rings. The van der Waals surface area contributed by atoms with Crippen LogP contribution in [0.2, 0.25) is 9.36 Å². The number of carbonyl (C=O) groups excluding carboxylic acids is 1. The first kappa shape index (κ1) is 13.0. The predicted octanol–water partition coefficient (Wildman–Crippen LogP) is 4.51. The van der Waals surface area contributed by atoms with E-state index < -0.39 is 5.41 Å². The fourth-order valence-corrected chi connectivity index (χ4v) is 3.92. The molecular formula is C14H11Cl2NOS. The first-order valence-electron chi connectivity index (χ1n) is 5.85. The van der Waals surface area contributed by atoms with Crippen LogP contribution in [0.5, 0.6) is 0 Å². The molecule has 1 N–H and O–H groups in total. The van der Waals surface area contributed by atoms with Crippen LogP contribution < -0.4 is 5.32 Å². The normalized spacial score (nSPS) is 21.3. The summed E-state index contributed by atoms with van der Waals surface area (Å²) in [4.78, 5) is 13.4. The van der Waals surface area contributed by atoms with Crippen molar-refractivity contribution in [2.75, 3.05) is 5.32 Å². The summed E-state index contributed by atoms with van der Waals surface area (Å²) in [5, 5.41) is 3.47. The third kappa shape index (κ3) is 2.06. The number of hydrogen-bond donors (Lipinski definition) is 1. The zero-order chi connectivity index (χ0) is 13.6. The molecule has 2 nitrogen and oxygen atoms in total. The number of halogens is 2. The Kier molecular flexibility index (Phi) is 3.08. The highest BCUT2D eigenvalue weighted by atomic mass is 35.5. The Balaban J connectivity index is 2.05. The van der Waals surface area contributed by atoms with Gasteiger partial charge in [0, 0.05) is 11.3 Å². The number of fused-ring (bicyclic) bond motifs is 1. The maximum absolute atomic E-state index is 12.3. The van der Waals surface area contributed by atoms with Crippen LogP contribution in [0.4, 0.5) is 5.69 Å². The predicted molar refractivity (Wildman–Crippen MR) is 80.5 cm³/mol. The van der Waals surface area contributed by atoms with E-state index in [2.05, 4.69) is 5.32 Å². The third-order valence-corrected chi connectivity index (χ3v) is 5.05. The minimum absolute atomic E-state index is 0.0138. The lowest BCUT2D eigenvalue weighted by Gasteiger charge is -2.21. The molecule has 1 aliphatic rings. The Hall–Kier alpha value is -1.03. The second kappa shape index (κ2) is 4.51. The van der Waals surface area contributed by atoms with Crippen LogP contribution in [0.25, 0.3) is 0 Å². The summed E-state index contributed by atoms with van der Waals surface area (Å²) in [7, 11) is 0. The van der Waals surface area contributed by atoms with Crippen molar-refractivity contribution in [1.82, 2.24) is 0 Å². The molecule has 1 amide bonds. The van der Waals surface area contributed by atoms with Crippen LogP contribution in [0.1, 0.15) is 17.4 Å². The van der Waals surface area contributed by atoms with E-state index in [4.69, 9.17) is 23.2 Å². The van der Waals surface area contributed by atoms with Gasteiger partial charge in [-0.2, -0.15) is 0 Å². The monoisotopic (exact) mass is 311 g/mol. The van der Waals surface area contributed by atoms with E-state index in [-0.39, 0.29) is 5.91 Å². The minimum Gasteiger partial charge on any atom is -0.324 e. The van der Waals surface area contributed by atoms with E-state index in [0.29, 0.717) is 11.4 Å². The lowest BCUT2D eigenvalue weighted by molar-refractivity contribution is -0.120. The summed E-state index contributed by atoms with van der Waals surface area (Å²) >= 11 is 13.6. The number of thiophene rings is 1. The molecule has 0 fully saturated rings. The highest BCUT2D eigenvalue weighted by Crippen LogP contribution is 2.44. The number of nitrogens with one attached hydrogen (secondary N) is 1. The summed E-state index contributed by atoms with van der Waals surface area (Å²) in [6.07, 6.45) is 0.629. The molecule has 1 aromatic carbocycles. The quantitative estimate of drug-likeness (QED) is 0.868. The average molecular weight is 312 g/mol. The standard InChI is InChI=1S/C14H11Cl2NOS/c1-14(7-8-5-6-11(16)19-8)9-3-2-4-10(15)12(9)17-13(14)18/h2-6H,7H2,1H3,(H,17,18). The van der Waals surface area contributed by atoms with Gasteiger partial charge in [0.2, 0.25) is 5.91 Å². The van der Waals surface area contributed by atoms with Crippen LogP contribution in [0.3, 0.4) is 0 Å². The molecular weight excluding hydrogens is 301 g/mol. The van der Waals surface area contributed by atoms with Crippen LogP contribution in [-0.2, 0) is 16.6 Å². The molecule has 1 aliphatic heterocycles. The van der Waals surface area contributed by atoms with Crippen LogP contribution in [0, 0.1) is 0 Å². The Bertz CT molecular complexity index is 667. The maximum Gasteiger partial charge on any atom is 0.235 e. The molecule has 0 saturated heterocycles. The van der Waals surface area contributed by atoms with Gasteiger partial charge in [0.05, 0.1) is 20.5 Å². The van der Waals surface area contributed by atoms with Crippen molar-refractivity contribution in [3.05, 3.63) is 50.1 Å². The fourth-order valence-electron chi connectivity index (χ4n) is 2.46. The molecule has 3 rings (SSSR count). The maximum atomic E-state index is 12.3. The molecule has 98 valence electrons. The number of amides is 1. The van der Waals surface area contributed by atoms with E-state index in [9.17, 15) is 4.79 Å². The van der Waals surface area contributed by atoms with Crippen LogP contribution in [-0.4, -0.2) is 5.91 Å². The molecule has 1 atom stereocenters. The summed E-state index contributed by atoms with van der Waals surface area (Å²) in [6, 6.07) is 9.44. The number of carbonyl (C=O) groups is 1. The van der Waals surface area contributed by atoms with Gasteiger partial charge < -0.3 is 5.32 Å². The van der Waals surface area contributed by atoms with Crippen molar-refractivity contribution in [3.63, 3.8) is 0 Å². The largest absolute Gasteiger partial charge is 0.324 e. The molecule has 19 heavy (non-hydrogen) atoms. The minimum atomic E-state index is -0.589. The van der Waals surface area contributed by atoms with Crippen molar-refractivity contribution in [3.8, 4) is 0 Å². The van der Waals surface area contributed by atoms with Gasteiger partial charge in [-0.3, -0.25) is 4.79 Å². The molecule has 0 bridgehead atoms. The number of benzene rings is 1. The Morgan fingerprint density at radius 3 is 2.74 bits per heavy atom. The summed E-state index contributed by atoms with van der Waals surface area (Å²) in [6.45, 7) is 1.94. The zero-order valence-corrected chi connectivity index (χ0v) is 12.5. The number of anilines is 1. The van der Waals surface area contributed by atoms with Crippen molar-refractivity contribution in [2.24, 2.45) is 0 Å². The van der Waals surface area contributed by atoms with Crippen molar-refractivity contribution in [2.45, 2.75) is 18.8 Å². The summed E-state index contributed by atoms with van der Waals surface area (Å²) < 4.78 is 0.739. The first-order chi connectivity index (χ1) is 9.00. The molecule has 5 heteroatoms. The lowest BCUT2D eigenvalue weighted by atomic mass is 9.80. The zero-order valence-electron chi connectivity index (χ0n) is 10.2. The number of rotatable bonds is 2. The average Bonchev–Trinajstić information content (AvgIpc) is 2.86. The van der Waals surface area contributed by atoms with Crippen LogP contribution >= 0.6 is 34.5 Å². The smallest absolute Gasteiger partial charge is 0.235 e. The highest BCUT2D eigenvalue weighted by Gasteiger charge is 2.43. The summed E-state index contributed by atoms with van der Waals surface area (Å²) in [5.74, 6) is -0.0138. The van der Waals surface area contributed by atoms with Gasteiger partial charge in [0.25, 0.3) is 0 Å². The van der Waals surface area contributed by atoms with Gasteiger partial charge in [-0.1, -0.05) is 35.3 Å². The Morgan fingerprint density at radius 1 is 1.26 bits per heavy atom. The van der Waals surface area contributed by atoms with Gasteiger partial charge in [0.15, 0.2) is 0 Å². The second-order valence-electron chi connectivity index (χ2n) is 4.83. The Morgan fingerprint density at radius 2 is 2.05 bits per heavy atom. The summed E-state index contributed by atoms with van der Waals surface area (Å²) in [5.41, 5.74) is 1.10. The van der Waals surface area contributed by atoms with Gasteiger partial charge in [-0.25, -0.2) is 0 Å². The van der Waals surface area contributed by atoms with Gasteiger partial charge >= 0.3 is 0 Å². The van der Waals surface area contributed by atoms with E-state index in [0.717, 1.165) is 20.5 Å². The molecule has 1 unspecified atom stereocenters. The fraction of sp³-hybridized carbons (Fsp3) is 0.214. The second-order valence-corrected chi connectivity index (χ2v) is 7.04. The highest BCUT2D eigenvalue weighted by molar-refractivity contribution is 7.16. The van der Waals surface area contributed by atoms with Gasteiger partial charge in [-0.15, -0.1) is 11.3 Å². The SMILES string of the molecule is CC1(Cc2ccc(Cl)s2)C(=O)Nc2c(Cl)cccc21. The van der Waals surface area contributed by atoms with Crippen molar-refractivity contribution < 1.29 is 4.79 Å². The topological polar surface area (TPSA) is 29.1 Å². The Labute approximate surface area is 125 Å². The third-order valence-electron chi connectivity index (χ3n) is 3.50. The lowest BCUT2D eigenvalue weighted by Crippen LogP contribution is -2.33. The molecule has 0 radical (unpaired) electrons. The molecule has 0 spiro atoms. The van der Waals surface area contributed by atoms with E-state index in [1.807, 2.05) is 31.2 Å². The number of hydrogen-bond acceptors (Lipinski definition) is 2. The van der Waals surface area contributed by atoms with Crippen molar-refractivity contribution in [1.29, 1.82) is 0 Å². The van der Waals surface area contributed by atoms with E-state index in [1.165, 1.54) is 11.3 Å². The first-order valence-corrected chi connectivity index (χ1v) is 7.42. The molecule has 0 saturated carbocycles. The van der Waals surface area contributed by atoms with Gasteiger partial charge in [0.1, 0.15) is 0 Å². The van der Waals surface area contributed by atoms with E-state index >= 15 is 0 Å². The molecule has 2 heterocycles. The van der Waals surface area contributed by atoms with E-state index in [1.54, 1.807) is 6.07 Å². The van der Waals surface area contributed by atoms with Crippen molar-refractivity contribution >= 4 is 46.1 Å². The molecule has 0 aliphatic carbocycles. The van der Waals surface area contributed by atoms with Gasteiger partial charge in [-0.05, 0) is 30.7 Å². The van der Waals surface area contributed by atoms with Crippen LogP contribution in [0.15, 0.2) is 30.3 Å². The number of para-hydroxylation sites is 1.